The molecule has 7 heteroatoms. The van der Waals surface area contributed by atoms with Crippen LogP contribution in [0.1, 0.15) is 16.2 Å². The number of amides is 1. The minimum atomic E-state index is -0.283. The normalized spacial score (nSPS) is 10.7. The Morgan fingerprint density at radius 1 is 1.21 bits per heavy atom. The van der Waals surface area contributed by atoms with Crippen LogP contribution in [0, 0.1) is 6.92 Å². The molecule has 3 rings (SSSR count). The number of aryl methyl sites for hydroxylation is 1. The van der Waals surface area contributed by atoms with Crippen LogP contribution in [-0.4, -0.2) is 29.5 Å². The van der Waals surface area contributed by atoms with Crippen molar-refractivity contribution >= 4 is 28.8 Å². The van der Waals surface area contributed by atoms with Crippen LogP contribution in [0.3, 0.4) is 0 Å². The summed E-state index contributed by atoms with van der Waals surface area (Å²) in [5.74, 6) is 0.868. The van der Waals surface area contributed by atoms with Crippen molar-refractivity contribution in [1.29, 1.82) is 0 Å². The minimum Gasteiger partial charge on any atom is -0.495 e. The van der Waals surface area contributed by atoms with Gasteiger partial charge in [-0.25, -0.2) is 4.98 Å². The zero-order valence-corrected chi connectivity index (χ0v) is 14.2. The summed E-state index contributed by atoms with van der Waals surface area (Å²) < 4.78 is 12.1. The molecule has 2 heterocycles. The molecule has 124 valence electrons. The Balaban J connectivity index is 1.97. The number of carbonyl (C=O) groups is 1. The van der Waals surface area contributed by atoms with Crippen molar-refractivity contribution in [2.45, 2.75) is 6.92 Å². The molecule has 0 spiro atoms. The lowest BCUT2D eigenvalue weighted by atomic mass is 10.2. The molecule has 0 aliphatic rings. The van der Waals surface area contributed by atoms with Crippen molar-refractivity contribution in [1.82, 2.24) is 9.38 Å². The summed E-state index contributed by atoms with van der Waals surface area (Å²) in [4.78, 5) is 17.1. The smallest absolute Gasteiger partial charge is 0.274 e. The summed E-state index contributed by atoms with van der Waals surface area (Å²) in [6.07, 6.45) is 1.77. The van der Waals surface area contributed by atoms with Crippen molar-refractivity contribution in [3.63, 3.8) is 0 Å². The molecule has 0 bridgehead atoms. The molecule has 0 saturated heterocycles. The highest BCUT2D eigenvalue weighted by atomic mass is 35.5. The Morgan fingerprint density at radius 3 is 2.62 bits per heavy atom. The summed E-state index contributed by atoms with van der Waals surface area (Å²) in [6.45, 7) is 1.78. The summed E-state index contributed by atoms with van der Waals surface area (Å²) in [5.41, 5.74) is 2.21. The van der Waals surface area contributed by atoms with Crippen molar-refractivity contribution in [3.05, 3.63) is 52.9 Å². The maximum atomic E-state index is 12.7. The van der Waals surface area contributed by atoms with E-state index in [0.29, 0.717) is 39.2 Å². The number of ether oxygens (including phenoxy) is 2. The molecular formula is C17H16ClN3O3. The number of rotatable bonds is 4. The Hall–Kier alpha value is -2.73. The lowest BCUT2D eigenvalue weighted by Gasteiger charge is -2.09. The lowest BCUT2D eigenvalue weighted by Crippen LogP contribution is -2.15. The summed E-state index contributed by atoms with van der Waals surface area (Å²) in [5, 5.41) is 3.25. The van der Waals surface area contributed by atoms with Gasteiger partial charge in [-0.05, 0) is 37.3 Å². The number of nitrogens with one attached hydrogen (secondary N) is 1. The van der Waals surface area contributed by atoms with Crippen LogP contribution in [0.15, 0.2) is 36.5 Å². The Kier molecular flexibility index (Phi) is 4.31. The maximum Gasteiger partial charge on any atom is 0.274 e. The van der Waals surface area contributed by atoms with Gasteiger partial charge in [0.1, 0.15) is 11.4 Å². The van der Waals surface area contributed by atoms with E-state index in [0.717, 1.165) is 0 Å². The predicted octanol–water partition coefficient (Wildman–Crippen LogP) is 3.57. The van der Waals surface area contributed by atoms with E-state index in [4.69, 9.17) is 21.1 Å². The number of carbonyl (C=O) groups excluding carboxylic acids is 1. The van der Waals surface area contributed by atoms with Crippen molar-refractivity contribution in [2.75, 3.05) is 19.5 Å². The van der Waals surface area contributed by atoms with E-state index in [1.165, 1.54) is 7.11 Å². The third-order valence-corrected chi connectivity index (χ3v) is 3.93. The van der Waals surface area contributed by atoms with Gasteiger partial charge in [-0.3, -0.25) is 9.20 Å². The first-order chi connectivity index (χ1) is 11.5. The van der Waals surface area contributed by atoms with Gasteiger partial charge >= 0.3 is 0 Å². The highest BCUT2D eigenvalue weighted by Crippen LogP contribution is 2.28. The first-order valence-electron chi connectivity index (χ1n) is 7.21. The first kappa shape index (κ1) is 16.1. The van der Waals surface area contributed by atoms with Crippen molar-refractivity contribution in [3.8, 4) is 11.5 Å². The van der Waals surface area contributed by atoms with E-state index in [-0.39, 0.29) is 5.91 Å². The zero-order chi connectivity index (χ0) is 17.3. The third kappa shape index (κ3) is 2.76. The number of methoxy groups -OCH3 is 2. The van der Waals surface area contributed by atoms with Crippen LogP contribution in [-0.2, 0) is 0 Å². The molecule has 0 unspecified atom stereocenters. The van der Waals surface area contributed by atoms with Crippen LogP contribution in [0.2, 0.25) is 5.02 Å². The van der Waals surface area contributed by atoms with E-state index in [1.807, 2.05) is 0 Å². The Labute approximate surface area is 144 Å². The average Bonchev–Trinajstić information content (AvgIpc) is 2.90. The van der Waals surface area contributed by atoms with Crippen LogP contribution >= 0.6 is 11.6 Å². The van der Waals surface area contributed by atoms with Gasteiger partial charge in [0.2, 0.25) is 0 Å². The van der Waals surface area contributed by atoms with E-state index < -0.39 is 0 Å². The molecule has 1 amide bonds. The number of hydrogen-bond donors (Lipinski definition) is 1. The lowest BCUT2D eigenvalue weighted by molar-refractivity contribution is 0.102. The maximum absolute atomic E-state index is 12.7. The van der Waals surface area contributed by atoms with Gasteiger partial charge in [0.15, 0.2) is 11.4 Å². The predicted molar refractivity (Wildman–Crippen MR) is 92.4 cm³/mol. The monoisotopic (exact) mass is 345 g/mol. The number of benzene rings is 1. The molecule has 1 N–H and O–H groups in total. The number of fused-ring (bicyclic) bond motifs is 1. The fourth-order valence-corrected chi connectivity index (χ4v) is 2.78. The minimum absolute atomic E-state index is 0.283. The number of nitrogens with zero attached hydrogens (tertiary/aromatic N) is 2. The summed E-state index contributed by atoms with van der Waals surface area (Å²) in [6, 6.07) is 8.65. The average molecular weight is 346 g/mol. The number of anilines is 1. The van der Waals surface area contributed by atoms with E-state index in [9.17, 15) is 4.79 Å². The molecular weight excluding hydrogens is 330 g/mol. The van der Waals surface area contributed by atoms with E-state index >= 15 is 0 Å². The zero-order valence-electron chi connectivity index (χ0n) is 13.5. The van der Waals surface area contributed by atoms with Crippen LogP contribution in [0.25, 0.3) is 5.65 Å². The first-order valence-corrected chi connectivity index (χ1v) is 7.59. The number of imidazole rings is 1. The van der Waals surface area contributed by atoms with Gasteiger partial charge in [-0.15, -0.1) is 0 Å². The van der Waals surface area contributed by atoms with Gasteiger partial charge in [0.05, 0.1) is 24.9 Å². The van der Waals surface area contributed by atoms with Gasteiger partial charge in [-0.2, -0.15) is 0 Å². The number of pyridine rings is 1. The standard InChI is InChI=1S/C17H16ClN3O3/c1-10-15(21-8-4-5-14(24-3)16(21)19-10)17(22)20-11-6-7-13(23-2)12(18)9-11/h4-9H,1-3H3,(H,20,22). The van der Waals surface area contributed by atoms with Crippen LogP contribution in [0.4, 0.5) is 5.69 Å². The van der Waals surface area contributed by atoms with Gasteiger partial charge < -0.3 is 14.8 Å². The molecule has 0 aliphatic carbocycles. The molecule has 0 atom stereocenters. The Bertz CT molecular complexity index is 921. The highest BCUT2D eigenvalue weighted by Gasteiger charge is 2.19. The molecule has 24 heavy (non-hydrogen) atoms. The van der Waals surface area contributed by atoms with Crippen LogP contribution < -0.4 is 14.8 Å². The van der Waals surface area contributed by atoms with Gasteiger partial charge in [-0.1, -0.05) is 11.6 Å². The molecule has 0 radical (unpaired) electrons. The third-order valence-electron chi connectivity index (χ3n) is 3.63. The quantitative estimate of drug-likeness (QED) is 0.785. The van der Waals surface area contributed by atoms with Crippen molar-refractivity contribution in [2.24, 2.45) is 0 Å². The number of hydrogen-bond acceptors (Lipinski definition) is 4. The fourth-order valence-electron chi connectivity index (χ4n) is 2.52. The van der Waals surface area contributed by atoms with Gasteiger partial charge in [0.25, 0.3) is 5.91 Å². The van der Waals surface area contributed by atoms with Crippen LogP contribution in [0.5, 0.6) is 11.5 Å². The molecule has 3 aromatic rings. The second-order valence-electron chi connectivity index (χ2n) is 5.12. The molecule has 6 nitrogen and oxygen atoms in total. The topological polar surface area (TPSA) is 64.9 Å². The molecule has 0 aliphatic heterocycles. The summed E-state index contributed by atoms with van der Waals surface area (Å²) >= 11 is 6.09. The van der Waals surface area contributed by atoms with E-state index in [1.54, 1.807) is 55.0 Å². The molecule has 0 fully saturated rings. The molecule has 1 aromatic carbocycles. The summed E-state index contributed by atoms with van der Waals surface area (Å²) in [7, 11) is 3.10. The van der Waals surface area contributed by atoms with E-state index in [2.05, 4.69) is 10.3 Å². The molecule has 0 saturated carbocycles. The highest BCUT2D eigenvalue weighted by molar-refractivity contribution is 6.32. The second kappa shape index (κ2) is 6.41. The number of aromatic nitrogens is 2. The molecule has 2 aromatic heterocycles. The number of halogens is 1. The largest absolute Gasteiger partial charge is 0.495 e. The Morgan fingerprint density at radius 2 is 1.96 bits per heavy atom. The van der Waals surface area contributed by atoms with Crippen molar-refractivity contribution < 1.29 is 14.3 Å². The van der Waals surface area contributed by atoms with Gasteiger partial charge in [0, 0.05) is 11.9 Å². The SMILES string of the molecule is COc1ccc(NC(=O)c2c(C)nc3c(OC)cccn23)cc1Cl. The second-order valence-corrected chi connectivity index (χ2v) is 5.53. The fraction of sp³-hybridized carbons (Fsp3) is 0.176.